The Hall–Kier alpha value is -0.290. The monoisotopic (exact) mass is 214 g/mol. The van der Waals surface area contributed by atoms with Gasteiger partial charge in [0.15, 0.2) is 5.25 Å². The van der Waals surface area contributed by atoms with Gasteiger partial charge in [-0.2, -0.15) is 0 Å². The minimum absolute atomic E-state index is 0.130. The van der Waals surface area contributed by atoms with Gasteiger partial charge in [-0.25, -0.2) is 8.42 Å². The predicted octanol–water partition coefficient (Wildman–Crippen LogP) is 0.897. The summed E-state index contributed by atoms with van der Waals surface area (Å²) < 4.78 is 26.0. The maximum Gasteiger partial charge on any atom is 0.325 e. The van der Waals surface area contributed by atoms with Crippen LogP contribution in [0.5, 0.6) is 0 Å². The Morgan fingerprint density at radius 3 is 2.25 bits per heavy atom. The zero-order valence-corrected chi connectivity index (χ0v) is 8.48. The third-order valence-corrected chi connectivity index (χ3v) is 3.11. The zero-order valence-electron chi connectivity index (χ0n) is 6.91. The maximum atomic E-state index is 10.9. The molecule has 12 heavy (non-hydrogen) atoms. The van der Waals surface area contributed by atoms with Crippen molar-refractivity contribution in [2.75, 3.05) is 6.61 Å². The Bertz CT molecular complexity index is 246. The van der Waals surface area contributed by atoms with Crippen molar-refractivity contribution in [1.82, 2.24) is 0 Å². The lowest BCUT2D eigenvalue weighted by Gasteiger charge is -2.08. The molecule has 0 N–H and O–H groups in total. The maximum absolute atomic E-state index is 10.9. The molecular weight excluding hydrogens is 204 g/mol. The summed E-state index contributed by atoms with van der Waals surface area (Å²) in [4.78, 5) is 10.9. The van der Waals surface area contributed by atoms with E-state index in [4.69, 9.17) is 10.7 Å². The first kappa shape index (κ1) is 11.7. The van der Waals surface area contributed by atoms with Gasteiger partial charge in [-0.3, -0.25) is 4.79 Å². The molecule has 0 aromatic carbocycles. The van der Waals surface area contributed by atoms with E-state index in [0.717, 1.165) is 0 Å². The van der Waals surface area contributed by atoms with Crippen LogP contribution in [0.1, 0.15) is 20.3 Å². The topological polar surface area (TPSA) is 60.4 Å². The van der Waals surface area contributed by atoms with Crippen molar-refractivity contribution < 1.29 is 17.9 Å². The summed E-state index contributed by atoms with van der Waals surface area (Å²) in [7, 11) is 1.16. The Morgan fingerprint density at radius 1 is 1.50 bits per heavy atom. The first-order valence-corrected chi connectivity index (χ1v) is 5.90. The lowest BCUT2D eigenvalue weighted by atomic mass is 10.3. The van der Waals surface area contributed by atoms with Crippen LogP contribution in [0.15, 0.2) is 0 Å². The van der Waals surface area contributed by atoms with Crippen LogP contribution in [0.25, 0.3) is 0 Å². The summed E-state index contributed by atoms with van der Waals surface area (Å²) in [5, 5.41) is -1.24. The largest absolute Gasteiger partial charge is 0.465 e. The van der Waals surface area contributed by atoms with Crippen LogP contribution in [-0.4, -0.2) is 26.2 Å². The molecule has 0 aromatic rings. The third-order valence-electron chi connectivity index (χ3n) is 1.26. The van der Waals surface area contributed by atoms with Crippen LogP contribution in [0.4, 0.5) is 0 Å². The van der Waals surface area contributed by atoms with Gasteiger partial charge in [0.1, 0.15) is 0 Å². The van der Waals surface area contributed by atoms with Crippen molar-refractivity contribution in [2.45, 2.75) is 25.5 Å². The van der Waals surface area contributed by atoms with Crippen molar-refractivity contribution in [2.24, 2.45) is 0 Å². The fraction of sp³-hybridized carbons (Fsp3) is 0.833. The van der Waals surface area contributed by atoms with Crippen molar-refractivity contribution in [1.29, 1.82) is 0 Å². The highest BCUT2D eigenvalue weighted by molar-refractivity contribution is 8.14. The molecule has 0 unspecified atom stereocenters. The molecule has 72 valence electrons. The first-order chi connectivity index (χ1) is 5.43. The van der Waals surface area contributed by atoms with Crippen LogP contribution in [0.2, 0.25) is 0 Å². The molecule has 0 heterocycles. The molecule has 0 aliphatic rings. The van der Waals surface area contributed by atoms with Crippen LogP contribution in [0, 0.1) is 0 Å². The molecule has 1 atom stereocenters. The first-order valence-electron chi connectivity index (χ1n) is 3.53. The molecule has 0 aliphatic heterocycles. The van der Waals surface area contributed by atoms with E-state index in [1.807, 2.05) is 0 Å². The molecule has 0 fully saturated rings. The SMILES string of the molecule is CCOC(=O)[C@@H](CC)S(=O)(=O)Cl. The van der Waals surface area contributed by atoms with E-state index >= 15 is 0 Å². The van der Waals surface area contributed by atoms with E-state index < -0.39 is 20.3 Å². The molecule has 0 radical (unpaired) electrons. The lowest BCUT2D eigenvalue weighted by molar-refractivity contribution is -0.142. The van der Waals surface area contributed by atoms with Gasteiger partial charge >= 0.3 is 5.97 Å². The van der Waals surface area contributed by atoms with Gasteiger partial charge < -0.3 is 4.74 Å². The van der Waals surface area contributed by atoms with E-state index in [0.29, 0.717) is 0 Å². The third kappa shape index (κ3) is 3.40. The normalized spacial score (nSPS) is 13.9. The average molecular weight is 215 g/mol. The second-order valence-corrected chi connectivity index (χ2v) is 4.94. The van der Waals surface area contributed by atoms with Crippen LogP contribution in [0.3, 0.4) is 0 Å². The highest BCUT2D eigenvalue weighted by atomic mass is 35.7. The summed E-state index contributed by atoms with van der Waals surface area (Å²) in [6, 6.07) is 0. The number of halogens is 1. The van der Waals surface area contributed by atoms with E-state index in [1.165, 1.54) is 0 Å². The van der Waals surface area contributed by atoms with Crippen molar-refractivity contribution in [3.05, 3.63) is 0 Å². The van der Waals surface area contributed by atoms with E-state index in [2.05, 4.69) is 4.74 Å². The van der Waals surface area contributed by atoms with Gasteiger partial charge in [0.25, 0.3) is 0 Å². The standard InChI is InChI=1S/C6H11ClO4S/c1-3-5(12(7,9)10)6(8)11-4-2/h5H,3-4H2,1-2H3/t5-/m1/s1. The smallest absolute Gasteiger partial charge is 0.325 e. The summed E-state index contributed by atoms with van der Waals surface area (Å²) in [5.41, 5.74) is 0. The molecular formula is C6H11ClO4S. The Morgan fingerprint density at radius 2 is 2.00 bits per heavy atom. The molecule has 6 heteroatoms. The zero-order chi connectivity index (χ0) is 9.78. The highest BCUT2D eigenvalue weighted by Crippen LogP contribution is 2.12. The fourth-order valence-corrected chi connectivity index (χ4v) is 2.01. The summed E-state index contributed by atoms with van der Waals surface area (Å²) in [6.07, 6.45) is 0.130. The molecule has 0 aliphatic carbocycles. The minimum Gasteiger partial charge on any atom is -0.465 e. The van der Waals surface area contributed by atoms with Gasteiger partial charge in [0, 0.05) is 10.7 Å². The van der Waals surface area contributed by atoms with Crippen LogP contribution < -0.4 is 0 Å². The van der Waals surface area contributed by atoms with E-state index in [1.54, 1.807) is 13.8 Å². The number of ether oxygens (including phenoxy) is 1. The second-order valence-electron chi connectivity index (χ2n) is 2.12. The van der Waals surface area contributed by atoms with Gasteiger partial charge in [-0.1, -0.05) is 6.92 Å². The van der Waals surface area contributed by atoms with Crippen molar-refractivity contribution in [3.8, 4) is 0 Å². The molecule has 0 saturated carbocycles. The fourth-order valence-electron chi connectivity index (χ4n) is 0.716. The van der Waals surface area contributed by atoms with Gasteiger partial charge in [-0.15, -0.1) is 0 Å². The molecule has 0 spiro atoms. The van der Waals surface area contributed by atoms with Gasteiger partial charge in [0.2, 0.25) is 9.05 Å². The molecule has 0 saturated heterocycles. The molecule has 0 aromatic heterocycles. The van der Waals surface area contributed by atoms with E-state index in [-0.39, 0.29) is 13.0 Å². The number of esters is 1. The number of hydrogen-bond acceptors (Lipinski definition) is 4. The van der Waals surface area contributed by atoms with Crippen LogP contribution in [-0.2, 0) is 18.6 Å². The van der Waals surface area contributed by atoms with Gasteiger partial charge in [-0.05, 0) is 13.3 Å². The second kappa shape index (κ2) is 4.67. The predicted molar refractivity (Wildman–Crippen MR) is 45.5 cm³/mol. The number of carbonyl (C=O) groups excluding carboxylic acids is 1. The lowest BCUT2D eigenvalue weighted by Crippen LogP contribution is -2.28. The highest BCUT2D eigenvalue weighted by Gasteiger charge is 2.30. The van der Waals surface area contributed by atoms with E-state index in [9.17, 15) is 13.2 Å². The summed E-state index contributed by atoms with van der Waals surface area (Å²) >= 11 is 0. The Labute approximate surface area is 76.3 Å². The average Bonchev–Trinajstić information content (AvgIpc) is 1.85. The Balaban J connectivity index is 4.47. The molecule has 0 amide bonds. The quantitative estimate of drug-likeness (QED) is 0.515. The number of hydrogen-bond donors (Lipinski definition) is 0. The number of carbonyl (C=O) groups is 1. The van der Waals surface area contributed by atoms with Crippen molar-refractivity contribution in [3.63, 3.8) is 0 Å². The molecule has 4 nitrogen and oxygen atoms in total. The molecule has 0 bridgehead atoms. The molecule has 0 rings (SSSR count). The van der Waals surface area contributed by atoms with Gasteiger partial charge in [0.05, 0.1) is 6.61 Å². The Kier molecular flexibility index (Phi) is 4.55. The number of rotatable bonds is 4. The summed E-state index contributed by atoms with van der Waals surface area (Å²) in [5.74, 6) is -0.782. The van der Waals surface area contributed by atoms with Crippen molar-refractivity contribution >= 4 is 25.7 Å². The summed E-state index contributed by atoms with van der Waals surface area (Å²) in [6.45, 7) is 3.31. The van der Waals surface area contributed by atoms with Crippen LogP contribution >= 0.6 is 10.7 Å². The minimum atomic E-state index is -3.84.